The van der Waals surface area contributed by atoms with Gasteiger partial charge < -0.3 is 5.11 Å². The van der Waals surface area contributed by atoms with Crippen molar-refractivity contribution in [3.8, 4) is 0 Å². The lowest BCUT2D eigenvalue weighted by molar-refractivity contribution is 0.0823. The Morgan fingerprint density at radius 2 is 2.08 bits per heavy atom. The van der Waals surface area contributed by atoms with Crippen LogP contribution in [0.25, 0.3) is 0 Å². The largest absolute Gasteiger partial charge is 0.385 e. The zero-order chi connectivity index (χ0) is 9.35. The third-order valence-corrected chi connectivity index (χ3v) is 3.23. The van der Waals surface area contributed by atoms with Gasteiger partial charge in [0.15, 0.2) is 0 Å². The minimum absolute atomic E-state index is 0.450. The van der Waals surface area contributed by atoms with E-state index in [1.165, 1.54) is 0 Å². The molecular formula is C9H15NOS. The predicted molar refractivity (Wildman–Crippen MR) is 51.4 cm³/mol. The molecule has 12 heavy (non-hydrogen) atoms. The SMILES string of the molecule is CC(C)c1ncc(C(C)(C)O)s1. The van der Waals surface area contributed by atoms with E-state index in [4.69, 9.17) is 0 Å². The van der Waals surface area contributed by atoms with Crippen molar-refractivity contribution in [3.05, 3.63) is 16.1 Å². The number of hydrogen-bond donors (Lipinski definition) is 1. The average molecular weight is 185 g/mol. The first-order chi connectivity index (χ1) is 5.41. The molecular weight excluding hydrogens is 170 g/mol. The summed E-state index contributed by atoms with van der Waals surface area (Å²) >= 11 is 1.59. The lowest BCUT2D eigenvalue weighted by Gasteiger charge is -2.13. The van der Waals surface area contributed by atoms with E-state index in [0.29, 0.717) is 5.92 Å². The first-order valence-corrected chi connectivity index (χ1v) is 4.91. The molecule has 0 saturated heterocycles. The van der Waals surface area contributed by atoms with Gasteiger partial charge in [-0.1, -0.05) is 13.8 Å². The molecule has 0 fully saturated rings. The van der Waals surface area contributed by atoms with Gasteiger partial charge in [0, 0.05) is 12.1 Å². The Hall–Kier alpha value is -0.410. The average Bonchev–Trinajstić information content (AvgIpc) is 2.30. The smallest absolute Gasteiger partial charge is 0.0954 e. The highest BCUT2D eigenvalue weighted by molar-refractivity contribution is 7.11. The van der Waals surface area contributed by atoms with Crippen LogP contribution in [0.2, 0.25) is 0 Å². The van der Waals surface area contributed by atoms with E-state index in [-0.39, 0.29) is 0 Å². The molecule has 68 valence electrons. The van der Waals surface area contributed by atoms with E-state index < -0.39 is 5.60 Å². The highest BCUT2D eigenvalue weighted by Gasteiger charge is 2.19. The van der Waals surface area contributed by atoms with E-state index in [2.05, 4.69) is 18.8 Å². The lowest BCUT2D eigenvalue weighted by Crippen LogP contribution is -2.12. The standard InChI is InChI=1S/C9H15NOS/c1-6(2)8-10-5-7(12-8)9(3,4)11/h5-6,11H,1-4H3. The van der Waals surface area contributed by atoms with Crippen LogP contribution in [0.5, 0.6) is 0 Å². The van der Waals surface area contributed by atoms with E-state index in [1.807, 2.05) is 0 Å². The van der Waals surface area contributed by atoms with Gasteiger partial charge in [0.05, 0.1) is 15.5 Å². The third-order valence-electron chi connectivity index (χ3n) is 1.62. The normalized spacial score (nSPS) is 12.5. The Morgan fingerprint density at radius 3 is 2.33 bits per heavy atom. The summed E-state index contributed by atoms with van der Waals surface area (Å²) < 4.78 is 0. The van der Waals surface area contributed by atoms with Crippen molar-refractivity contribution >= 4 is 11.3 Å². The van der Waals surface area contributed by atoms with Crippen molar-refractivity contribution in [3.63, 3.8) is 0 Å². The maximum Gasteiger partial charge on any atom is 0.0954 e. The van der Waals surface area contributed by atoms with Gasteiger partial charge in [-0.2, -0.15) is 0 Å². The fourth-order valence-corrected chi connectivity index (χ4v) is 1.76. The number of aliphatic hydroxyl groups is 1. The second-order valence-electron chi connectivity index (χ2n) is 3.78. The maximum absolute atomic E-state index is 9.65. The molecule has 1 heterocycles. The molecule has 0 saturated carbocycles. The van der Waals surface area contributed by atoms with Gasteiger partial charge in [0.2, 0.25) is 0 Å². The molecule has 1 N–H and O–H groups in total. The maximum atomic E-state index is 9.65. The van der Waals surface area contributed by atoms with Crippen molar-refractivity contribution in [1.82, 2.24) is 4.98 Å². The molecule has 0 unspecified atom stereocenters. The summed E-state index contributed by atoms with van der Waals surface area (Å²) in [5.74, 6) is 0.450. The van der Waals surface area contributed by atoms with Crippen molar-refractivity contribution < 1.29 is 5.11 Å². The van der Waals surface area contributed by atoms with Crippen LogP contribution < -0.4 is 0 Å². The fraction of sp³-hybridized carbons (Fsp3) is 0.667. The first-order valence-electron chi connectivity index (χ1n) is 4.10. The van der Waals surface area contributed by atoms with Crippen LogP contribution in [-0.2, 0) is 5.60 Å². The molecule has 0 aromatic carbocycles. The van der Waals surface area contributed by atoms with Gasteiger partial charge in [-0.3, -0.25) is 0 Å². The number of rotatable bonds is 2. The van der Waals surface area contributed by atoms with E-state index in [0.717, 1.165) is 9.88 Å². The summed E-state index contributed by atoms with van der Waals surface area (Å²) in [7, 11) is 0. The number of thiazole rings is 1. The number of aromatic nitrogens is 1. The van der Waals surface area contributed by atoms with Gasteiger partial charge in [0.25, 0.3) is 0 Å². The minimum atomic E-state index is -0.745. The Labute approximate surface area is 77.3 Å². The van der Waals surface area contributed by atoms with Gasteiger partial charge in [-0.25, -0.2) is 4.98 Å². The molecule has 0 spiro atoms. The van der Waals surface area contributed by atoms with Crippen LogP contribution in [0, 0.1) is 0 Å². The molecule has 1 aromatic rings. The van der Waals surface area contributed by atoms with Gasteiger partial charge in [0.1, 0.15) is 0 Å². The Bertz CT molecular complexity index is 260. The molecule has 0 bridgehead atoms. The van der Waals surface area contributed by atoms with Crippen LogP contribution in [0.3, 0.4) is 0 Å². The Morgan fingerprint density at radius 1 is 1.50 bits per heavy atom. The second kappa shape index (κ2) is 3.15. The summed E-state index contributed by atoms with van der Waals surface area (Å²) in [5, 5.41) is 10.7. The number of nitrogens with zero attached hydrogens (tertiary/aromatic N) is 1. The molecule has 1 aromatic heterocycles. The monoisotopic (exact) mass is 185 g/mol. The molecule has 2 nitrogen and oxygen atoms in total. The quantitative estimate of drug-likeness (QED) is 0.768. The van der Waals surface area contributed by atoms with Crippen LogP contribution in [-0.4, -0.2) is 10.1 Å². The van der Waals surface area contributed by atoms with Crippen molar-refractivity contribution in [2.75, 3.05) is 0 Å². The van der Waals surface area contributed by atoms with Gasteiger partial charge >= 0.3 is 0 Å². The van der Waals surface area contributed by atoms with Gasteiger partial charge in [-0.05, 0) is 13.8 Å². The van der Waals surface area contributed by atoms with Crippen molar-refractivity contribution in [1.29, 1.82) is 0 Å². The van der Waals surface area contributed by atoms with Crippen LogP contribution >= 0.6 is 11.3 Å². The van der Waals surface area contributed by atoms with Crippen LogP contribution in [0.1, 0.15) is 43.5 Å². The zero-order valence-electron chi connectivity index (χ0n) is 7.96. The summed E-state index contributed by atoms with van der Waals surface area (Å²) in [4.78, 5) is 5.18. The van der Waals surface area contributed by atoms with E-state index in [9.17, 15) is 5.11 Å². The van der Waals surface area contributed by atoms with Crippen molar-refractivity contribution in [2.45, 2.75) is 39.2 Å². The van der Waals surface area contributed by atoms with Crippen LogP contribution in [0.4, 0.5) is 0 Å². The van der Waals surface area contributed by atoms with Crippen LogP contribution in [0.15, 0.2) is 6.20 Å². The molecule has 0 radical (unpaired) electrons. The first kappa shape index (κ1) is 9.68. The summed E-state index contributed by atoms with van der Waals surface area (Å²) in [6.07, 6.45) is 1.76. The lowest BCUT2D eigenvalue weighted by atomic mass is 10.1. The van der Waals surface area contributed by atoms with Crippen molar-refractivity contribution in [2.24, 2.45) is 0 Å². The highest BCUT2D eigenvalue weighted by atomic mass is 32.1. The third kappa shape index (κ3) is 2.05. The molecule has 0 aliphatic carbocycles. The zero-order valence-corrected chi connectivity index (χ0v) is 8.77. The summed E-state index contributed by atoms with van der Waals surface area (Å²) in [6.45, 7) is 7.77. The van der Waals surface area contributed by atoms with E-state index >= 15 is 0 Å². The molecule has 0 amide bonds. The Kier molecular flexibility index (Phi) is 2.54. The predicted octanol–water partition coefficient (Wildman–Crippen LogP) is 2.49. The molecule has 0 aliphatic heterocycles. The van der Waals surface area contributed by atoms with Gasteiger partial charge in [-0.15, -0.1) is 11.3 Å². The summed E-state index contributed by atoms with van der Waals surface area (Å²) in [5.41, 5.74) is -0.745. The molecule has 0 aliphatic rings. The van der Waals surface area contributed by atoms with E-state index in [1.54, 1.807) is 31.4 Å². The number of hydrogen-bond acceptors (Lipinski definition) is 3. The highest BCUT2D eigenvalue weighted by Crippen LogP contribution is 2.28. The summed E-state index contributed by atoms with van der Waals surface area (Å²) in [6, 6.07) is 0. The topological polar surface area (TPSA) is 33.1 Å². The Balaban J connectivity index is 2.92. The molecule has 3 heteroatoms. The fourth-order valence-electron chi connectivity index (χ4n) is 0.837. The molecule has 0 atom stereocenters. The molecule has 1 rings (SSSR count). The minimum Gasteiger partial charge on any atom is -0.385 e. The second-order valence-corrected chi connectivity index (χ2v) is 4.84.